The Labute approximate surface area is 91.7 Å². The maximum Gasteiger partial charge on any atom is 0.340 e. The molecule has 1 aromatic rings. The fraction of sp³-hybridized carbons (Fsp3) is 0.200. The number of hydrogen-bond acceptors (Lipinski definition) is 4. The van der Waals surface area contributed by atoms with Crippen LogP contribution in [-0.2, 0) is 11.3 Å². The first-order valence-corrected chi connectivity index (χ1v) is 4.43. The Morgan fingerprint density at radius 3 is 2.80 bits per heavy atom. The van der Waals surface area contributed by atoms with E-state index in [1.165, 1.54) is 19.2 Å². The lowest BCUT2D eigenvalue weighted by Crippen LogP contribution is -2.06. The molecule has 0 heterocycles. The Morgan fingerprint density at radius 1 is 1.67 bits per heavy atom. The Hall–Kier alpha value is -1.57. The molecule has 78 valence electrons. The van der Waals surface area contributed by atoms with Gasteiger partial charge in [0.15, 0.2) is 0 Å². The van der Waals surface area contributed by atoms with Crippen molar-refractivity contribution >= 4 is 17.6 Å². The van der Waals surface area contributed by atoms with Crippen molar-refractivity contribution in [1.82, 2.24) is 0 Å². The fourth-order valence-corrected chi connectivity index (χ4v) is 1.47. The molecular formula is C10H8ClNO3. The van der Waals surface area contributed by atoms with E-state index >= 15 is 0 Å². The third kappa shape index (κ3) is 2.27. The second-order valence-electron chi connectivity index (χ2n) is 2.76. The number of aliphatic hydroxyl groups excluding tert-OH is 1. The number of hydrogen-bond donors (Lipinski definition) is 1. The number of esters is 1. The van der Waals surface area contributed by atoms with Gasteiger partial charge in [-0.3, -0.25) is 0 Å². The van der Waals surface area contributed by atoms with Crippen LogP contribution < -0.4 is 0 Å². The number of carbonyl (C=O) groups is 1. The van der Waals surface area contributed by atoms with Crippen LogP contribution in [0.15, 0.2) is 12.1 Å². The number of benzene rings is 1. The van der Waals surface area contributed by atoms with Gasteiger partial charge in [0.2, 0.25) is 0 Å². The van der Waals surface area contributed by atoms with Crippen molar-refractivity contribution in [3.8, 4) is 6.07 Å². The van der Waals surface area contributed by atoms with Gasteiger partial charge < -0.3 is 9.84 Å². The van der Waals surface area contributed by atoms with Gasteiger partial charge in [0.05, 0.1) is 29.9 Å². The Bertz CT molecular complexity index is 437. The van der Waals surface area contributed by atoms with Crippen LogP contribution in [0.2, 0.25) is 5.02 Å². The smallest absolute Gasteiger partial charge is 0.340 e. The van der Waals surface area contributed by atoms with Crippen LogP contribution in [0, 0.1) is 11.3 Å². The molecule has 1 rings (SSSR count). The van der Waals surface area contributed by atoms with Gasteiger partial charge in [0.25, 0.3) is 0 Å². The number of rotatable bonds is 2. The lowest BCUT2D eigenvalue weighted by molar-refractivity contribution is 0.0600. The summed E-state index contributed by atoms with van der Waals surface area (Å²) in [6.07, 6.45) is 0. The zero-order valence-electron chi connectivity index (χ0n) is 7.95. The zero-order valence-corrected chi connectivity index (χ0v) is 8.71. The van der Waals surface area contributed by atoms with E-state index in [4.69, 9.17) is 22.0 Å². The van der Waals surface area contributed by atoms with Crippen LogP contribution in [0.5, 0.6) is 0 Å². The van der Waals surface area contributed by atoms with Gasteiger partial charge in [-0.15, -0.1) is 0 Å². The molecule has 0 aromatic heterocycles. The van der Waals surface area contributed by atoms with Gasteiger partial charge >= 0.3 is 5.97 Å². The number of nitriles is 1. The summed E-state index contributed by atoms with van der Waals surface area (Å²) < 4.78 is 4.50. The molecule has 1 aromatic carbocycles. The topological polar surface area (TPSA) is 70.3 Å². The van der Waals surface area contributed by atoms with Crippen LogP contribution in [0.25, 0.3) is 0 Å². The molecule has 0 saturated carbocycles. The van der Waals surface area contributed by atoms with Crippen LogP contribution in [0.1, 0.15) is 21.5 Å². The first kappa shape index (κ1) is 11.5. The molecule has 0 spiro atoms. The highest BCUT2D eigenvalue weighted by Gasteiger charge is 2.17. The van der Waals surface area contributed by atoms with E-state index in [-0.39, 0.29) is 22.8 Å². The Balaban J connectivity index is 3.39. The highest BCUT2D eigenvalue weighted by Crippen LogP contribution is 2.23. The first-order valence-electron chi connectivity index (χ1n) is 4.05. The lowest BCUT2D eigenvalue weighted by atomic mass is 10.1. The largest absolute Gasteiger partial charge is 0.465 e. The molecule has 15 heavy (non-hydrogen) atoms. The van der Waals surface area contributed by atoms with E-state index in [9.17, 15) is 4.79 Å². The van der Waals surface area contributed by atoms with E-state index in [1.807, 2.05) is 6.07 Å². The Kier molecular flexibility index (Phi) is 3.67. The van der Waals surface area contributed by atoms with Crippen molar-refractivity contribution in [1.29, 1.82) is 5.26 Å². The number of ether oxygens (including phenoxy) is 1. The molecule has 0 bridgehead atoms. The van der Waals surface area contributed by atoms with Crippen molar-refractivity contribution in [2.24, 2.45) is 0 Å². The summed E-state index contributed by atoms with van der Waals surface area (Å²) >= 11 is 5.80. The molecule has 5 heteroatoms. The van der Waals surface area contributed by atoms with Crippen LogP contribution in [-0.4, -0.2) is 18.2 Å². The molecule has 0 atom stereocenters. The SMILES string of the molecule is COC(=O)c1c(Cl)cc(CO)cc1C#N. The van der Waals surface area contributed by atoms with E-state index in [2.05, 4.69) is 4.74 Å². The van der Waals surface area contributed by atoms with Crippen LogP contribution in [0.3, 0.4) is 0 Å². The summed E-state index contributed by atoms with van der Waals surface area (Å²) in [6, 6.07) is 4.66. The Morgan fingerprint density at radius 2 is 2.33 bits per heavy atom. The molecule has 4 nitrogen and oxygen atoms in total. The summed E-state index contributed by atoms with van der Waals surface area (Å²) in [5, 5.41) is 17.8. The highest BCUT2D eigenvalue weighted by atomic mass is 35.5. The summed E-state index contributed by atoms with van der Waals surface area (Å²) in [5.74, 6) is -0.666. The minimum atomic E-state index is -0.666. The fourth-order valence-electron chi connectivity index (χ4n) is 1.15. The molecule has 0 aliphatic carbocycles. The third-order valence-corrected chi connectivity index (χ3v) is 2.14. The molecule has 0 aliphatic heterocycles. The maximum atomic E-state index is 11.3. The van der Waals surface area contributed by atoms with Gasteiger partial charge in [-0.25, -0.2) is 4.79 Å². The van der Waals surface area contributed by atoms with E-state index < -0.39 is 5.97 Å². The number of methoxy groups -OCH3 is 1. The summed E-state index contributed by atoms with van der Waals surface area (Å²) in [7, 11) is 1.21. The average Bonchev–Trinajstić information content (AvgIpc) is 2.26. The molecular weight excluding hydrogens is 218 g/mol. The van der Waals surface area contributed by atoms with Crippen molar-refractivity contribution in [2.75, 3.05) is 7.11 Å². The summed E-state index contributed by atoms with van der Waals surface area (Å²) in [4.78, 5) is 11.3. The highest BCUT2D eigenvalue weighted by molar-refractivity contribution is 6.34. The van der Waals surface area contributed by atoms with Crippen molar-refractivity contribution < 1.29 is 14.6 Å². The predicted octanol–water partition coefficient (Wildman–Crippen LogP) is 1.49. The molecule has 0 aliphatic rings. The number of aliphatic hydroxyl groups is 1. The first-order chi connectivity index (χ1) is 7.13. The zero-order chi connectivity index (χ0) is 11.4. The third-order valence-electron chi connectivity index (χ3n) is 1.84. The van der Waals surface area contributed by atoms with Crippen LogP contribution in [0.4, 0.5) is 0 Å². The van der Waals surface area contributed by atoms with Gasteiger partial charge in [0.1, 0.15) is 6.07 Å². The monoisotopic (exact) mass is 225 g/mol. The quantitative estimate of drug-likeness (QED) is 0.775. The molecule has 0 saturated heterocycles. The molecule has 0 amide bonds. The van der Waals surface area contributed by atoms with E-state index in [0.717, 1.165) is 0 Å². The van der Waals surface area contributed by atoms with Gasteiger partial charge in [0, 0.05) is 0 Å². The molecule has 0 radical (unpaired) electrons. The number of halogens is 1. The second kappa shape index (κ2) is 4.78. The second-order valence-corrected chi connectivity index (χ2v) is 3.17. The van der Waals surface area contributed by atoms with Gasteiger partial charge in [-0.05, 0) is 17.7 Å². The van der Waals surface area contributed by atoms with Crippen molar-refractivity contribution in [3.63, 3.8) is 0 Å². The van der Waals surface area contributed by atoms with Crippen LogP contribution >= 0.6 is 11.6 Å². The number of carbonyl (C=O) groups excluding carboxylic acids is 1. The predicted molar refractivity (Wildman–Crippen MR) is 53.4 cm³/mol. The number of nitrogens with zero attached hydrogens (tertiary/aromatic N) is 1. The molecule has 0 unspecified atom stereocenters. The summed E-state index contributed by atoms with van der Waals surface area (Å²) in [6.45, 7) is -0.240. The standard InChI is InChI=1S/C10H8ClNO3/c1-15-10(14)9-7(4-12)2-6(5-13)3-8(9)11/h2-3,13H,5H2,1H3. The van der Waals surface area contributed by atoms with Gasteiger partial charge in [-0.1, -0.05) is 11.6 Å². The van der Waals surface area contributed by atoms with Gasteiger partial charge in [-0.2, -0.15) is 5.26 Å². The minimum Gasteiger partial charge on any atom is -0.465 e. The van der Waals surface area contributed by atoms with E-state index in [0.29, 0.717) is 5.56 Å². The normalized spacial score (nSPS) is 9.47. The van der Waals surface area contributed by atoms with E-state index in [1.54, 1.807) is 0 Å². The summed E-state index contributed by atoms with van der Waals surface area (Å²) in [5.41, 5.74) is 0.599. The average molecular weight is 226 g/mol. The molecule has 0 fully saturated rings. The molecule has 1 N–H and O–H groups in total. The lowest BCUT2D eigenvalue weighted by Gasteiger charge is -2.06. The van der Waals surface area contributed by atoms with Crippen molar-refractivity contribution in [2.45, 2.75) is 6.61 Å². The van der Waals surface area contributed by atoms with Crippen molar-refractivity contribution in [3.05, 3.63) is 33.8 Å². The minimum absolute atomic E-state index is 0.0267. The maximum absolute atomic E-state index is 11.3.